The Kier molecular flexibility index (Phi) is 4.99. The number of amides is 1. The van der Waals surface area contributed by atoms with Crippen LogP contribution in [0.25, 0.3) is 21.3 Å². The monoisotopic (exact) mass is 405 g/mol. The summed E-state index contributed by atoms with van der Waals surface area (Å²) in [5.74, 6) is -0.295. The molecule has 0 spiro atoms. The van der Waals surface area contributed by atoms with Crippen LogP contribution in [0.1, 0.15) is 5.56 Å². The number of hydrogen-bond donors (Lipinski definition) is 1. The molecule has 1 aliphatic heterocycles. The first-order valence-electron chi connectivity index (χ1n) is 8.53. The molecule has 3 aromatic rings. The number of fused-ring (bicyclic) bond motifs is 1. The van der Waals surface area contributed by atoms with Crippen LogP contribution in [0.2, 0.25) is 5.02 Å². The number of hydrogen-bond acceptors (Lipinski definition) is 4. The van der Waals surface area contributed by atoms with Gasteiger partial charge in [0.05, 0.1) is 15.7 Å². The number of carbonyl (C=O) groups is 1. The summed E-state index contributed by atoms with van der Waals surface area (Å²) < 4.78 is 16.4. The van der Waals surface area contributed by atoms with E-state index in [0.29, 0.717) is 60.0 Å². The highest BCUT2D eigenvalue weighted by atomic mass is 35.5. The molecule has 27 heavy (non-hydrogen) atoms. The molecule has 1 N–H and O–H groups in total. The maximum atomic E-state index is 15.4. The maximum Gasteiger partial charge on any atom is 0.407 e. The summed E-state index contributed by atoms with van der Waals surface area (Å²) in [5.41, 5.74) is 4.11. The fourth-order valence-electron chi connectivity index (χ4n) is 3.39. The first-order valence-corrected chi connectivity index (χ1v) is 9.79. The Morgan fingerprint density at radius 1 is 1.26 bits per heavy atom. The number of rotatable bonds is 3. The molecule has 4 rings (SSSR count). The van der Waals surface area contributed by atoms with Gasteiger partial charge in [-0.15, -0.1) is 11.3 Å². The van der Waals surface area contributed by atoms with E-state index in [9.17, 15) is 4.79 Å². The van der Waals surface area contributed by atoms with Gasteiger partial charge in [0.1, 0.15) is 5.82 Å². The molecule has 5 nitrogen and oxygen atoms in total. The third kappa shape index (κ3) is 3.63. The van der Waals surface area contributed by atoms with Gasteiger partial charge in [-0.2, -0.15) is 0 Å². The van der Waals surface area contributed by atoms with Gasteiger partial charge in [-0.25, -0.2) is 14.2 Å². The number of carboxylic acid groups (broad SMARTS) is 1. The largest absolute Gasteiger partial charge is 0.465 e. The number of nitrogens with zero attached hydrogens (tertiary/aromatic N) is 3. The third-order valence-electron chi connectivity index (χ3n) is 4.79. The van der Waals surface area contributed by atoms with E-state index >= 15 is 4.39 Å². The minimum atomic E-state index is -0.907. The van der Waals surface area contributed by atoms with Gasteiger partial charge in [0.25, 0.3) is 0 Å². The van der Waals surface area contributed by atoms with Gasteiger partial charge < -0.3 is 10.0 Å². The summed E-state index contributed by atoms with van der Waals surface area (Å²) in [6.07, 6.45) is -0.907. The van der Waals surface area contributed by atoms with Crippen LogP contribution >= 0.6 is 22.9 Å². The molecule has 0 radical (unpaired) electrons. The van der Waals surface area contributed by atoms with Crippen molar-refractivity contribution in [2.75, 3.05) is 26.2 Å². The molecule has 1 aromatic heterocycles. The summed E-state index contributed by atoms with van der Waals surface area (Å²) in [6, 6.07) is 8.98. The van der Waals surface area contributed by atoms with Crippen LogP contribution < -0.4 is 0 Å². The Morgan fingerprint density at radius 3 is 2.74 bits per heavy atom. The van der Waals surface area contributed by atoms with Crippen molar-refractivity contribution in [3.63, 3.8) is 0 Å². The van der Waals surface area contributed by atoms with E-state index in [1.165, 1.54) is 16.2 Å². The Morgan fingerprint density at radius 2 is 2.04 bits per heavy atom. The Labute approximate surface area is 164 Å². The number of benzene rings is 2. The Bertz CT molecular complexity index is 1000. The second-order valence-electron chi connectivity index (χ2n) is 6.48. The standard InChI is InChI=1S/C19H17ClFN3O2S/c20-14-3-1-2-12(8-14)16-17(21)13(9-15-18(16)22-11-27-15)10-23-4-6-24(7-5-23)19(25)26/h1-3,8-9,11H,4-7,10H2,(H,25,26). The summed E-state index contributed by atoms with van der Waals surface area (Å²) in [4.78, 5) is 18.9. The molecule has 8 heteroatoms. The van der Waals surface area contributed by atoms with Gasteiger partial charge in [0.15, 0.2) is 0 Å². The number of piperazine rings is 1. The van der Waals surface area contributed by atoms with E-state index in [-0.39, 0.29) is 5.82 Å². The smallest absolute Gasteiger partial charge is 0.407 e. The molecule has 0 saturated carbocycles. The lowest BCUT2D eigenvalue weighted by Crippen LogP contribution is -2.47. The zero-order valence-electron chi connectivity index (χ0n) is 14.4. The summed E-state index contributed by atoms with van der Waals surface area (Å²) in [7, 11) is 0. The predicted molar refractivity (Wildman–Crippen MR) is 105 cm³/mol. The molecule has 0 bridgehead atoms. The van der Waals surface area contributed by atoms with E-state index in [1.54, 1.807) is 23.7 Å². The van der Waals surface area contributed by atoms with E-state index < -0.39 is 6.09 Å². The molecule has 1 aliphatic rings. The van der Waals surface area contributed by atoms with Crippen LogP contribution in [0, 0.1) is 5.82 Å². The Hall–Kier alpha value is -2.22. The van der Waals surface area contributed by atoms with E-state index in [2.05, 4.69) is 9.88 Å². The van der Waals surface area contributed by atoms with Gasteiger partial charge in [0, 0.05) is 48.9 Å². The normalized spacial score (nSPS) is 15.4. The van der Waals surface area contributed by atoms with Crippen molar-refractivity contribution in [3.05, 3.63) is 52.2 Å². The Balaban J connectivity index is 1.68. The fourth-order valence-corrected chi connectivity index (χ4v) is 4.33. The first kappa shape index (κ1) is 18.2. The molecule has 1 fully saturated rings. The molecule has 0 unspecified atom stereocenters. The van der Waals surface area contributed by atoms with E-state index in [1.807, 2.05) is 12.1 Å². The van der Waals surface area contributed by atoms with Crippen LogP contribution in [-0.2, 0) is 6.54 Å². The topological polar surface area (TPSA) is 56.7 Å². The lowest BCUT2D eigenvalue weighted by molar-refractivity contribution is 0.102. The minimum absolute atomic E-state index is 0.295. The van der Waals surface area contributed by atoms with Crippen LogP contribution in [0.15, 0.2) is 35.8 Å². The predicted octanol–water partition coefficient (Wildman–Crippen LogP) is 4.55. The lowest BCUT2D eigenvalue weighted by Gasteiger charge is -2.33. The fraction of sp³-hybridized carbons (Fsp3) is 0.263. The lowest BCUT2D eigenvalue weighted by atomic mass is 10.00. The first-order chi connectivity index (χ1) is 13.0. The number of halogens is 2. The SMILES string of the molecule is O=C(O)N1CCN(Cc2cc3scnc3c(-c3cccc(Cl)c3)c2F)CC1. The van der Waals surface area contributed by atoms with Crippen LogP contribution in [0.3, 0.4) is 0 Å². The summed E-state index contributed by atoms with van der Waals surface area (Å²) in [5, 5.41) is 9.62. The molecule has 140 valence electrons. The summed E-state index contributed by atoms with van der Waals surface area (Å²) >= 11 is 7.58. The quantitative estimate of drug-likeness (QED) is 0.694. The zero-order valence-corrected chi connectivity index (χ0v) is 15.9. The molecule has 0 atom stereocenters. The molecular weight excluding hydrogens is 389 g/mol. The average molecular weight is 406 g/mol. The highest BCUT2D eigenvalue weighted by Crippen LogP contribution is 2.36. The second-order valence-corrected chi connectivity index (χ2v) is 7.80. The van der Waals surface area contributed by atoms with Crippen molar-refractivity contribution in [1.82, 2.24) is 14.8 Å². The van der Waals surface area contributed by atoms with Crippen LogP contribution in [-0.4, -0.2) is 52.2 Å². The van der Waals surface area contributed by atoms with E-state index in [4.69, 9.17) is 16.7 Å². The highest BCUT2D eigenvalue weighted by Gasteiger charge is 2.23. The van der Waals surface area contributed by atoms with Crippen molar-refractivity contribution < 1.29 is 14.3 Å². The van der Waals surface area contributed by atoms with Crippen molar-refractivity contribution in [1.29, 1.82) is 0 Å². The van der Waals surface area contributed by atoms with Gasteiger partial charge in [-0.1, -0.05) is 23.7 Å². The molecule has 1 saturated heterocycles. The van der Waals surface area contributed by atoms with Gasteiger partial charge >= 0.3 is 6.09 Å². The van der Waals surface area contributed by atoms with Gasteiger partial charge in [-0.05, 0) is 23.8 Å². The molecule has 2 aromatic carbocycles. The number of thiazole rings is 1. The molecule has 1 amide bonds. The molecular formula is C19H17ClFN3O2S. The van der Waals surface area contributed by atoms with Gasteiger partial charge in [-0.3, -0.25) is 4.90 Å². The number of aromatic nitrogens is 1. The molecule has 0 aliphatic carbocycles. The zero-order chi connectivity index (χ0) is 19.0. The minimum Gasteiger partial charge on any atom is -0.465 e. The third-order valence-corrected chi connectivity index (χ3v) is 5.80. The highest BCUT2D eigenvalue weighted by molar-refractivity contribution is 7.16. The average Bonchev–Trinajstić information content (AvgIpc) is 3.10. The van der Waals surface area contributed by atoms with Crippen molar-refractivity contribution in [3.8, 4) is 11.1 Å². The van der Waals surface area contributed by atoms with Crippen LogP contribution in [0.5, 0.6) is 0 Å². The maximum absolute atomic E-state index is 15.4. The summed E-state index contributed by atoms with van der Waals surface area (Å²) in [6.45, 7) is 2.46. The molecule has 2 heterocycles. The van der Waals surface area contributed by atoms with E-state index in [0.717, 1.165) is 4.70 Å². The van der Waals surface area contributed by atoms with Crippen molar-refractivity contribution in [2.24, 2.45) is 0 Å². The van der Waals surface area contributed by atoms with Gasteiger partial charge in [0.2, 0.25) is 0 Å². The second kappa shape index (κ2) is 7.42. The van der Waals surface area contributed by atoms with Crippen LogP contribution in [0.4, 0.5) is 9.18 Å². The van der Waals surface area contributed by atoms with Crippen molar-refractivity contribution >= 4 is 39.2 Å². The van der Waals surface area contributed by atoms with Crippen molar-refractivity contribution in [2.45, 2.75) is 6.54 Å².